The summed E-state index contributed by atoms with van der Waals surface area (Å²) in [6, 6.07) is 9.94. The number of ether oxygens (including phenoxy) is 1. The van der Waals surface area contributed by atoms with E-state index in [1.54, 1.807) is 0 Å². The highest BCUT2D eigenvalue weighted by atomic mass is 16.6. The minimum Gasteiger partial charge on any atom is -0.460 e. The van der Waals surface area contributed by atoms with Crippen LogP contribution >= 0.6 is 0 Å². The lowest BCUT2D eigenvalue weighted by atomic mass is 9.90. The fraction of sp³-hybridized carbons (Fsp3) is 0.529. The lowest BCUT2D eigenvalue weighted by Crippen LogP contribution is -2.25. The van der Waals surface area contributed by atoms with E-state index in [0.717, 1.165) is 24.7 Å². The first-order chi connectivity index (χ1) is 9.42. The van der Waals surface area contributed by atoms with Crippen molar-refractivity contribution in [1.29, 1.82) is 0 Å². The molecule has 0 aromatic heterocycles. The van der Waals surface area contributed by atoms with Gasteiger partial charge in [-0.15, -0.1) is 0 Å². The molecule has 0 amide bonds. The third-order valence-electron chi connectivity index (χ3n) is 2.98. The SMILES string of the molecule is CC(C)(C)OC(=O)CC(CCCC=O)c1ccccc1. The molecule has 0 radical (unpaired) electrons. The van der Waals surface area contributed by atoms with E-state index in [4.69, 9.17) is 4.74 Å². The van der Waals surface area contributed by atoms with Gasteiger partial charge in [0.05, 0.1) is 6.42 Å². The number of rotatable bonds is 7. The highest BCUT2D eigenvalue weighted by Gasteiger charge is 2.21. The van der Waals surface area contributed by atoms with Gasteiger partial charge in [0, 0.05) is 6.42 Å². The Balaban J connectivity index is 2.68. The van der Waals surface area contributed by atoms with Crippen LogP contribution in [0, 0.1) is 0 Å². The summed E-state index contributed by atoms with van der Waals surface area (Å²) in [5.74, 6) is -0.0662. The molecule has 0 bridgehead atoms. The van der Waals surface area contributed by atoms with Crippen LogP contribution < -0.4 is 0 Å². The second-order valence-corrected chi connectivity index (χ2v) is 6.00. The van der Waals surface area contributed by atoms with Gasteiger partial charge in [-0.1, -0.05) is 30.3 Å². The van der Waals surface area contributed by atoms with Gasteiger partial charge in [-0.2, -0.15) is 0 Å². The molecule has 0 aliphatic rings. The topological polar surface area (TPSA) is 43.4 Å². The van der Waals surface area contributed by atoms with Gasteiger partial charge in [0.2, 0.25) is 0 Å². The lowest BCUT2D eigenvalue weighted by Gasteiger charge is -2.22. The van der Waals surface area contributed by atoms with Crippen molar-refractivity contribution >= 4 is 12.3 Å². The summed E-state index contributed by atoms with van der Waals surface area (Å²) in [6.45, 7) is 5.61. The summed E-state index contributed by atoms with van der Waals surface area (Å²) in [5.41, 5.74) is 0.672. The Morgan fingerprint density at radius 3 is 2.45 bits per heavy atom. The summed E-state index contributed by atoms with van der Waals surface area (Å²) < 4.78 is 5.39. The van der Waals surface area contributed by atoms with E-state index in [1.807, 2.05) is 51.1 Å². The van der Waals surface area contributed by atoms with Gasteiger partial charge in [-0.05, 0) is 45.1 Å². The smallest absolute Gasteiger partial charge is 0.306 e. The second-order valence-electron chi connectivity index (χ2n) is 6.00. The van der Waals surface area contributed by atoms with Gasteiger partial charge in [-0.25, -0.2) is 0 Å². The molecule has 0 spiro atoms. The first-order valence-electron chi connectivity index (χ1n) is 7.13. The highest BCUT2D eigenvalue weighted by molar-refractivity contribution is 5.71. The van der Waals surface area contributed by atoms with Crippen molar-refractivity contribution in [2.75, 3.05) is 0 Å². The molecule has 3 heteroatoms. The van der Waals surface area contributed by atoms with E-state index in [9.17, 15) is 9.59 Å². The zero-order valence-corrected chi connectivity index (χ0v) is 12.6. The number of unbranched alkanes of at least 4 members (excludes halogenated alkanes) is 1. The minimum atomic E-state index is -0.457. The van der Waals surface area contributed by atoms with Crippen LogP contribution in [0.25, 0.3) is 0 Å². The van der Waals surface area contributed by atoms with Gasteiger partial charge >= 0.3 is 5.97 Å². The molecule has 1 unspecified atom stereocenters. The molecule has 0 saturated carbocycles. The van der Waals surface area contributed by atoms with Crippen molar-refractivity contribution in [3.05, 3.63) is 35.9 Å². The first-order valence-corrected chi connectivity index (χ1v) is 7.13. The molecule has 0 saturated heterocycles. The fourth-order valence-electron chi connectivity index (χ4n) is 2.14. The maximum Gasteiger partial charge on any atom is 0.306 e. The summed E-state index contributed by atoms with van der Waals surface area (Å²) in [7, 11) is 0. The molecule has 0 heterocycles. The number of benzene rings is 1. The molecule has 0 aliphatic carbocycles. The van der Waals surface area contributed by atoms with E-state index in [2.05, 4.69) is 0 Å². The molecule has 110 valence electrons. The van der Waals surface area contributed by atoms with Crippen LogP contribution in [0.15, 0.2) is 30.3 Å². The quantitative estimate of drug-likeness (QED) is 0.431. The molecule has 0 aliphatic heterocycles. The third-order valence-corrected chi connectivity index (χ3v) is 2.98. The number of carbonyl (C=O) groups is 2. The van der Waals surface area contributed by atoms with Crippen LogP contribution in [-0.4, -0.2) is 17.9 Å². The van der Waals surface area contributed by atoms with Gasteiger partial charge in [0.1, 0.15) is 11.9 Å². The Morgan fingerprint density at radius 2 is 1.90 bits per heavy atom. The van der Waals surface area contributed by atoms with Crippen LogP contribution in [-0.2, 0) is 14.3 Å². The zero-order chi connectivity index (χ0) is 15.0. The standard InChI is InChI=1S/C17H24O3/c1-17(2,3)20-16(19)13-15(11-7-8-12-18)14-9-5-4-6-10-14/h4-6,9-10,12,15H,7-8,11,13H2,1-3H3. The largest absolute Gasteiger partial charge is 0.460 e. The van der Waals surface area contributed by atoms with Crippen molar-refractivity contribution in [3.8, 4) is 0 Å². The Hall–Kier alpha value is -1.64. The summed E-state index contributed by atoms with van der Waals surface area (Å²) in [6.07, 6.45) is 3.45. The predicted octanol–water partition coefficient (Wildman–Crippen LogP) is 3.87. The predicted molar refractivity (Wildman–Crippen MR) is 79.6 cm³/mol. The van der Waals surface area contributed by atoms with E-state index in [-0.39, 0.29) is 11.9 Å². The molecule has 1 aromatic carbocycles. The summed E-state index contributed by atoms with van der Waals surface area (Å²) in [5, 5.41) is 0. The van der Waals surface area contributed by atoms with E-state index in [1.165, 1.54) is 0 Å². The maximum atomic E-state index is 12.0. The van der Waals surface area contributed by atoms with Crippen LogP contribution in [0.2, 0.25) is 0 Å². The third kappa shape index (κ3) is 6.50. The average molecular weight is 276 g/mol. The van der Waals surface area contributed by atoms with E-state index < -0.39 is 5.60 Å². The molecular formula is C17H24O3. The van der Waals surface area contributed by atoms with Crippen LogP contribution in [0.3, 0.4) is 0 Å². The molecule has 20 heavy (non-hydrogen) atoms. The van der Waals surface area contributed by atoms with Gasteiger partial charge in [0.15, 0.2) is 0 Å². The van der Waals surface area contributed by atoms with Crippen LogP contribution in [0.5, 0.6) is 0 Å². The molecule has 1 aromatic rings. The van der Waals surface area contributed by atoms with Crippen LogP contribution in [0.4, 0.5) is 0 Å². The van der Waals surface area contributed by atoms with Gasteiger partial charge in [-0.3, -0.25) is 4.79 Å². The first kappa shape index (κ1) is 16.4. The Bertz CT molecular complexity index is 418. The molecular weight excluding hydrogens is 252 g/mol. The lowest BCUT2D eigenvalue weighted by molar-refractivity contribution is -0.155. The molecule has 0 fully saturated rings. The van der Waals surface area contributed by atoms with Crippen molar-refractivity contribution < 1.29 is 14.3 Å². The van der Waals surface area contributed by atoms with Crippen LogP contribution in [0.1, 0.15) is 57.9 Å². The molecule has 3 nitrogen and oxygen atoms in total. The highest BCUT2D eigenvalue weighted by Crippen LogP contribution is 2.26. The fourth-order valence-corrected chi connectivity index (χ4v) is 2.14. The Morgan fingerprint density at radius 1 is 1.25 bits per heavy atom. The summed E-state index contributed by atoms with van der Waals surface area (Å²) in [4.78, 5) is 22.4. The van der Waals surface area contributed by atoms with E-state index >= 15 is 0 Å². The molecule has 1 rings (SSSR count). The molecule has 1 atom stereocenters. The zero-order valence-electron chi connectivity index (χ0n) is 12.6. The average Bonchev–Trinajstić information content (AvgIpc) is 2.37. The minimum absolute atomic E-state index is 0.117. The number of aldehydes is 1. The van der Waals surface area contributed by atoms with Crippen molar-refractivity contribution in [2.45, 2.75) is 58.0 Å². The normalized spacial score (nSPS) is 12.8. The number of hydrogen-bond acceptors (Lipinski definition) is 3. The van der Waals surface area contributed by atoms with Crippen molar-refractivity contribution in [3.63, 3.8) is 0 Å². The van der Waals surface area contributed by atoms with E-state index in [0.29, 0.717) is 12.8 Å². The number of hydrogen-bond donors (Lipinski definition) is 0. The summed E-state index contributed by atoms with van der Waals surface area (Å²) >= 11 is 0. The number of esters is 1. The monoisotopic (exact) mass is 276 g/mol. The second kappa shape index (κ2) is 7.83. The van der Waals surface area contributed by atoms with Crippen molar-refractivity contribution in [2.24, 2.45) is 0 Å². The maximum absolute atomic E-state index is 12.0. The van der Waals surface area contributed by atoms with Gasteiger partial charge in [0.25, 0.3) is 0 Å². The van der Waals surface area contributed by atoms with Gasteiger partial charge < -0.3 is 9.53 Å². The molecule has 0 N–H and O–H groups in total. The number of carbonyl (C=O) groups excluding carboxylic acids is 2. The van der Waals surface area contributed by atoms with Crippen molar-refractivity contribution in [1.82, 2.24) is 0 Å². The Labute approximate surface area is 121 Å². The Kier molecular flexibility index (Phi) is 6.43.